The first kappa shape index (κ1) is 13.7. The van der Waals surface area contributed by atoms with Crippen LogP contribution < -0.4 is 5.32 Å². The summed E-state index contributed by atoms with van der Waals surface area (Å²) in [4.78, 5) is 2.22. The molecule has 0 aromatic carbocycles. The van der Waals surface area contributed by atoms with Crippen LogP contribution in [0.1, 0.15) is 48.5 Å². The molecule has 0 spiro atoms. The van der Waals surface area contributed by atoms with Gasteiger partial charge >= 0.3 is 0 Å². The van der Waals surface area contributed by atoms with Gasteiger partial charge < -0.3 is 15.0 Å². The third-order valence-electron chi connectivity index (χ3n) is 2.75. The summed E-state index contributed by atoms with van der Waals surface area (Å²) in [6, 6.07) is 0. The van der Waals surface area contributed by atoms with E-state index in [1.54, 1.807) is 0 Å². The molecule has 0 aromatic heterocycles. The zero-order valence-corrected chi connectivity index (χ0v) is 12.2. The fraction of sp³-hybridized carbons (Fsp3) is 0.917. The van der Waals surface area contributed by atoms with Gasteiger partial charge in [-0.3, -0.25) is 0 Å². The molecular formula is C12H24N2OS. The van der Waals surface area contributed by atoms with E-state index in [1.165, 1.54) is 0 Å². The van der Waals surface area contributed by atoms with E-state index in [0.717, 1.165) is 5.11 Å². The Morgan fingerprint density at radius 2 is 1.88 bits per heavy atom. The molecular weight excluding hydrogens is 220 g/mol. The smallest absolute Gasteiger partial charge is 0.172 e. The molecule has 3 nitrogen and oxygen atoms in total. The van der Waals surface area contributed by atoms with E-state index in [1.807, 2.05) is 13.8 Å². The van der Waals surface area contributed by atoms with Crippen LogP contribution in [-0.4, -0.2) is 33.4 Å². The zero-order valence-electron chi connectivity index (χ0n) is 11.4. The molecule has 1 rings (SSSR count). The van der Waals surface area contributed by atoms with E-state index >= 15 is 0 Å². The fourth-order valence-electron chi connectivity index (χ4n) is 2.37. The lowest BCUT2D eigenvalue weighted by Gasteiger charge is -2.43. The molecule has 1 saturated heterocycles. The molecule has 1 aliphatic rings. The first-order valence-corrected chi connectivity index (χ1v) is 6.24. The fourth-order valence-corrected chi connectivity index (χ4v) is 2.99. The normalized spacial score (nSPS) is 25.1. The Labute approximate surface area is 105 Å². The molecule has 1 aliphatic heterocycles. The predicted octanol–water partition coefficient (Wildman–Crippen LogP) is 2.50. The van der Waals surface area contributed by atoms with E-state index in [2.05, 4.69) is 44.8 Å². The highest BCUT2D eigenvalue weighted by Crippen LogP contribution is 2.33. The lowest BCUT2D eigenvalue weighted by atomic mass is 9.95. The largest absolute Gasteiger partial charge is 0.353 e. The van der Waals surface area contributed by atoms with Crippen LogP contribution in [0.3, 0.4) is 0 Å². The van der Waals surface area contributed by atoms with Gasteiger partial charge in [0.15, 0.2) is 11.3 Å². The van der Waals surface area contributed by atoms with Gasteiger partial charge in [-0.25, -0.2) is 0 Å². The number of thiocarbonyl (C=S) groups is 1. The summed E-state index contributed by atoms with van der Waals surface area (Å²) in [5.41, 5.74) is -0.123. The maximum Gasteiger partial charge on any atom is 0.172 e. The van der Waals surface area contributed by atoms with Gasteiger partial charge in [0.1, 0.15) is 0 Å². The number of nitrogens with zero attached hydrogens (tertiary/aromatic N) is 1. The van der Waals surface area contributed by atoms with Crippen molar-refractivity contribution in [2.24, 2.45) is 0 Å². The maximum atomic E-state index is 5.88. The number of rotatable bonds is 2. The molecule has 1 heterocycles. The van der Waals surface area contributed by atoms with Gasteiger partial charge in [-0.1, -0.05) is 0 Å². The summed E-state index contributed by atoms with van der Waals surface area (Å²) in [5, 5.41) is 4.05. The number of hydrogen-bond acceptors (Lipinski definition) is 2. The molecule has 1 atom stereocenters. The van der Waals surface area contributed by atoms with Crippen molar-refractivity contribution < 1.29 is 4.74 Å². The Morgan fingerprint density at radius 1 is 1.38 bits per heavy atom. The molecule has 1 N–H and O–H groups in total. The molecule has 0 amide bonds. The Morgan fingerprint density at radius 3 is 2.19 bits per heavy atom. The quantitative estimate of drug-likeness (QED) is 0.754. The molecule has 16 heavy (non-hydrogen) atoms. The van der Waals surface area contributed by atoms with Gasteiger partial charge in [0.05, 0.1) is 11.6 Å². The van der Waals surface area contributed by atoms with Crippen molar-refractivity contribution in [1.29, 1.82) is 0 Å². The highest BCUT2D eigenvalue weighted by Gasteiger charge is 2.49. The molecule has 0 bridgehead atoms. The summed E-state index contributed by atoms with van der Waals surface area (Å²) in [6.45, 7) is 14.9. The average Bonchev–Trinajstić information content (AvgIpc) is 2.18. The second-order valence-electron chi connectivity index (χ2n) is 6.17. The van der Waals surface area contributed by atoms with Crippen LogP contribution in [0.5, 0.6) is 0 Å². The SMILES string of the molecule is CC(C)OC1NC(=S)N(C(C)(C)C)C1(C)C. The van der Waals surface area contributed by atoms with Crippen LogP contribution in [0.2, 0.25) is 0 Å². The highest BCUT2D eigenvalue weighted by atomic mass is 32.1. The van der Waals surface area contributed by atoms with E-state index in [4.69, 9.17) is 17.0 Å². The first-order valence-electron chi connectivity index (χ1n) is 5.83. The van der Waals surface area contributed by atoms with Gasteiger partial charge in [0, 0.05) is 5.54 Å². The minimum atomic E-state index is -0.125. The Bertz CT molecular complexity index is 281. The Hall–Kier alpha value is -0.350. The van der Waals surface area contributed by atoms with Crippen molar-refractivity contribution >= 4 is 17.3 Å². The zero-order chi connectivity index (χ0) is 12.7. The van der Waals surface area contributed by atoms with Crippen LogP contribution in [-0.2, 0) is 4.74 Å². The van der Waals surface area contributed by atoms with Gasteiger partial charge in [-0.05, 0) is 60.7 Å². The summed E-state index contributed by atoms with van der Waals surface area (Å²) >= 11 is 5.40. The Balaban J connectivity index is 2.95. The molecule has 0 aliphatic carbocycles. The van der Waals surface area contributed by atoms with Crippen molar-refractivity contribution in [3.8, 4) is 0 Å². The third kappa shape index (κ3) is 2.48. The van der Waals surface area contributed by atoms with Gasteiger partial charge in [-0.2, -0.15) is 0 Å². The van der Waals surface area contributed by atoms with Crippen LogP contribution in [0.25, 0.3) is 0 Å². The molecule has 1 fully saturated rings. The lowest BCUT2D eigenvalue weighted by Crippen LogP contribution is -2.55. The molecule has 94 valence electrons. The van der Waals surface area contributed by atoms with Gasteiger partial charge in [0.2, 0.25) is 0 Å². The molecule has 4 heteroatoms. The molecule has 0 radical (unpaired) electrons. The second kappa shape index (κ2) is 4.15. The molecule has 0 saturated carbocycles. The van der Waals surface area contributed by atoms with Crippen LogP contribution in [0.15, 0.2) is 0 Å². The van der Waals surface area contributed by atoms with Crippen LogP contribution in [0.4, 0.5) is 0 Å². The summed E-state index contributed by atoms with van der Waals surface area (Å²) in [7, 11) is 0. The van der Waals surface area contributed by atoms with Crippen molar-refractivity contribution in [2.75, 3.05) is 0 Å². The number of hydrogen-bond donors (Lipinski definition) is 1. The van der Waals surface area contributed by atoms with Crippen molar-refractivity contribution in [3.63, 3.8) is 0 Å². The molecule has 1 unspecified atom stereocenters. The average molecular weight is 244 g/mol. The van der Waals surface area contributed by atoms with E-state index in [0.29, 0.717) is 0 Å². The van der Waals surface area contributed by atoms with E-state index in [-0.39, 0.29) is 23.4 Å². The van der Waals surface area contributed by atoms with E-state index < -0.39 is 0 Å². The van der Waals surface area contributed by atoms with E-state index in [9.17, 15) is 0 Å². The third-order valence-corrected chi connectivity index (χ3v) is 3.06. The summed E-state index contributed by atoms with van der Waals surface area (Å²) in [5.74, 6) is 0. The lowest BCUT2D eigenvalue weighted by molar-refractivity contribution is -0.0630. The van der Waals surface area contributed by atoms with Crippen LogP contribution >= 0.6 is 12.2 Å². The molecule has 0 aromatic rings. The van der Waals surface area contributed by atoms with Crippen LogP contribution in [0, 0.1) is 0 Å². The van der Waals surface area contributed by atoms with Gasteiger partial charge in [0.25, 0.3) is 0 Å². The second-order valence-corrected chi connectivity index (χ2v) is 6.56. The topological polar surface area (TPSA) is 24.5 Å². The van der Waals surface area contributed by atoms with Gasteiger partial charge in [-0.15, -0.1) is 0 Å². The monoisotopic (exact) mass is 244 g/mol. The van der Waals surface area contributed by atoms with Crippen molar-refractivity contribution in [3.05, 3.63) is 0 Å². The Kier molecular flexibility index (Phi) is 3.56. The predicted molar refractivity (Wildman–Crippen MR) is 71.4 cm³/mol. The standard InChI is InChI=1S/C12H24N2OS/c1-8(2)15-9-12(6,7)14(10(16)13-9)11(3,4)5/h8-9H,1-7H3,(H,13,16). The van der Waals surface area contributed by atoms with Crippen molar-refractivity contribution in [1.82, 2.24) is 10.2 Å². The van der Waals surface area contributed by atoms with Crippen molar-refractivity contribution in [2.45, 2.75) is 71.9 Å². The first-order chi connectivity index (χ1) is 7.06. The number of nitrogens with one attached hydrogen (secondary N) is 1. The highest BCUT2D eigenvalue weighted by molar-refractivity contribution is 7.80. The minimum Gasteiger partial charge on any atom is -0.353 e. The summed E-state index contributed by atoms with van der Waals surface area (Å²) in [6.07, 6.45) is 0.152. The minimum absolute atomic E-state index is 0.00265. The number of ether oxygens (including phenoxy) is 1. The summed E-state index contributed by atoms with van der Waals surface area (Å²) < 4.78 is 5.88. The maximum absolute atomic E-state index is 5.88.